The monoisotopic (exact) mass is 536 g/mol. The van der Waals surface area contributed by atoms with Crippen LogP contribution in [0.15, 0.2) is 0 Å². The summed E-state index contributed by atoms with van der Waals surface area (Å²) in [6.45, 7) is 8.53. The van der Waals surface area contributed by atoms with Crippen LogP contribution in [0.1, 0.15) is 130 Å². The first-order valence-electron chi connectivity index (χ1n) is 14.0. The summed E-state index contributed by atoms with van der Waals surface area (Å²) in [4.78, 5) is 23.3. The summed E-state index contributed by atoms with van der Waals surface area (Å²) in [5.74, 6) is 0.213. The van der Waals surface area contributed by atoms with E-state index in [1.165, 1.54) is 90.6 Å². The first-order valence-corrected chi connectivity index (χ1v) is 15.9. The fourth-order valence-corrected chi connectivity index (χ4v) is 5.52. The second-order valence-electron chi connectivity index (χ2n) is 9.34. The SMILES string of the molecule is CCCCCCCCCCCSC(CCCCCCC)C(C)OOC(OCCC)(P=O)C(=O)OC. The molecule has 0 aromatic heterocycles. The van der Waals surface area contributed by atoms with Gasteiger partial charge in [-0.3, -0.25) is 4.57 Å². The largest absolute Gasteiger partial charge is 0.464 e. The third-order valence-corrected chi connectivity index (χ3v) is 8.27. The maximum atomic E-state index is 12.2. The molecule has 8 heteroatoms. The second-order valence-corrected chi connectivity index (χ2v) is 11.5. The molecule has 0 amide bonds. The van der Waals surface area contributed by atoms with E-state index in [4.69, 9.17) is 19.2 Å². The minimum Gasteiger partial charge on any atom is -0.464 e. The lowest BCUT2D eigenvalue weighted by Gasteiger charge is -2.28. The van der Waals surface area contributed by atoms with Gasteiger partial charge in [-0.05, 0) is 31.9 Å². The Balaban J connectivity index is 4.67. The summed E-state index contributed by atoms with van der Waals surface area (Å²) in [7, 11) is 0.570. The highest BCUT2D eigenvalue weighted by molar-refractivity contribution is 7.99. The van der Waals surface area contributed by atoms with Crippen LogP contribution >= 0.6 is 20.2 Å². The molecule has 0 aromatic rings. The summed E-state index contributed by atoms with van der Waals surface area (Å²) >= 11 is 1.92. The minimum atomic E-state index is -2.08. The van der Waals surface area contributed by atoms with Crippen molar-refractivity contribution in [2.45, 2.75) is 147 Å². The molecule has 6 nitrogen and oxygen atoms in total. The zero-order valence-electron chi connectivity index (χ0n) is 23.2. The van der Waals surface area contributed by atoms with Gasteiger partial charge in [-0.15, -0.1) is 0 Å². The Morgan fingerprint density at radius 3 is 1.89 bits per heavy atom. The number of hydrogen-bond acceptors (Lipinski definition) is 7. The van der Waals surface area contributed by atoms with E-state index >= 15 is 0 Å². The highest BCUT2D eigenvalue weighted by atomic mass is 32.2. The zero-order valence-corrected chi connectivity index (χ0v) is 24.9. The van der Waals surface area contributed by atoms with Crippen LogP contribution in [0.25, 0.3) is 0 Å². The molecular formula is C27H53O6PS. The topological polar surface area (TPSA) is 71.1 Å². The Hall–Kier alpha value is -0.200. The van der Waals surface area contributed by atoms with E-state index < -0.39 is 20.0 Å². The fourth-order valence-electron chi connectivity index (χ4n) is 3.82. The van der Waals surface area contributed by atoms with Crippen LogP contribution in [0, 0.1) is 0 Å². The fraction of sp³-hybridized carbons (Fsp3) is 0.963. The van der Waals surface area contributed by atoms with Gasteiger partial charge in [0, 0.05) is 5.25 Å². The molecule has 0 aliphatic heterocycles. The lowest BCUT2D eigenvalue weighted by atomic mass is 10.1. The summed E-state index contributed by atoms with van der Waals surface area (Å²) in [5, 5.41) is 0.232. The van der Waals surface area contributed by atoms with E-state index in [0.717, 1.165) is 18.6 Å². The van der Waals surface area contributed by atoms with E-state index in [0.29, 0.717) is 6.42 Å². The molecule has 0 spiro atoms. The number of carbonyl (C=O) groups is 1. The number of hydrogen-bond donors (Lipinski definition) is 0. The maximum Gasteiger partial charge on any atom is 0.382 e. The van der Waals surface area contributed by atoms with Crippen molar-refractivity contribution >= 4 is 26.2 Å². The molecule has 0 heterocycles. The second kappa shape index (κ2) is 24.2. The molecule has 0 N–H and O–H groups in total. The van der Waals surface area contributed by atoms with Gasteiger partial charge in [0.1, 0.15) is 6.10 Å². The Morgan fingerprint density at radius 2 is 1.37 bits per heavy atom. The van der Waals surface area contributed by atoms with Gasteiger partial charge >= 0.3 is 11.5 Å². The van der Waals surface area contributed by atoms with Crippen LogP contribution in [0.3, 0.4) is 0 Å². The molecule has 0 bridgehead atoms. The molecule has 3 unspecified atom stereocenters. The molecule has 0 saturated carbocycles. The minimum absolute atomic E-state index is 0.205. The van der Waals surface area contributed by atoms with E-state index in [1.54, 1.807) is 0 Å². The van der Waals surface area contributed by atoms with Crippen LogP contribution in [-0.2, 0) is 28.6 Å². The van der Waals surface area contributed by atoms with Gasteiger partial charge in [0.05, 0.1) is 13.7 Å². The van der Waals surface area contributed by atoms with Crippen molar-refractivity contribution in [2.24, 2.45) is 0 Å². The molecular weight excluding hydrogens is 483 g/mol. The number of methoxy groups -OCH3 is 1. The average Bonchev–Trinajstić information content (AvgIpc) is 2.88. The summed E-state index contributed by atoms with van der Waals surface area (Å²) in [6, 6.07) is 0. The first-order chi connectivity index (χ1) is 17.0. The van der Waals surface area contributed by atoms with Crippen LogP contribution < -0.4 is 0 Å². The number of rotatable bonds is 26. The maximum absolute atomic E-state index is 12.2. The molecule has 0 radical (unpaired) electrons. The van der Waals surface area contributed by atoms with Gasteiger partial charge in [-0.1, -0.05) is 104 Å². The van der Waals surface area contributed by atoms with Crippen LogP contribution in [0.5, 0.6) is 0 Å². The average molecular weight is 537 g/mol. The predicted molar refractivity (Wildman–Crippen MR) is 147 cm³/mol. The van der Waals surface area contributed by atoms with Gasteiger partial charge in [0.15, 0.2) is 0 Å². The van der Waals surface area contributed by atoms with Gasteiger partial charge in [-0.2, -0.15) is 16.6 Å². The first kappa shape index (κ1) is 34.8. The molecule has 0 rings (SSSR count). The van der Waals surface area contributed by atoms with Gasteiger partial charge in [0.2, 0.25) is 8.46 Å². The number of esters is 1. The van der Waals surface area contributed by atoms with Crippen molar-refractivity contribution in [2.75, 3.05) is 19.5 Å². The predicted octanol–water partition coefficient (Wildman–Crippen LogP) is 8.86. The van der Waals surface area contributed by atoms with Crippen LogP contribution in [-0.4, -0.2) is 42.3 Å². The zero-order chi connectivity index (χ0) is 26.2. The van der Waals surface area contributed by atoms with E-state index in [9.17, 15) is 9.36 Å². The third kappa shape index (κ3) is 17.0. The third-order valence-electron chi connectivity index (χ3n) is 6.07. The lowest BCUT2D eigenvalue weighted by molar-refractivity contribution is -0.402. The molecule has 0 aromatic carbocycles. The summed E-state index contributed by atoms with van der Waals surface area (Å²) in [5.41, 5.74) is -2.08. The van der Waals surface area contributed by atoms with Crippen LogP contribution in [0.2, 0.25) is 0 Å². The molecule has 0 aliphatic rings. The Morgan fingerprint density at radius 1 is 0.829 bits per heavy atom. The van der Waals surface area contributed by atoms with E-state index in [2.05, 4.69) is 13.8 Å². The molecule has 0 aliphatic carbocycles. The molecule has 0 fully saturated rings. The summed E-state index contributed by atoms with van der Waals surface area (Å²) in [6.07, 6.45) is 19.4. The van der Waals surface area contributed by atoms with E-state index in [-0.39, 0.29) is 18.0 Å². The van der Waals surface area contributed by atoms with Crippen molar-refractivity contribution in [1.82, 2.24) is 0 Å². The van der Waals surface area contributed by atoms with Gasteiger partial charge in [-0.25, -0.2) is 9.68 Å². The molecule has 208 valence electrons. The number of carbonyl (C=O) groups excluding carboxylic acids is 1. The highest BCUT2D eigenvalue weighted by Gasteiger charge is 2.47. The Kier molecular flexibility index (Phi) is 24.0. The molecule has 35 heavy (non-hydrogen) atoms. The Bertz CT molecular complexity index is 510. The molecule has 3 atom stereocenters. The van der Waals surface area contributed by atoms with Crippen molar-refractivity contribution < 1.29 is 28.6 Å². The van der Waals surface area contributed by atoms with Crippen molar-refractivity contribution in [3.8, 4) is 0 Å². The highest BCUT2D eigenvalue weighted by Crippen LogP contribution is 2.32. The Labute approximate surface area is 221 Å². The van der Waals surface area contributed by atoms with Crippen molar-refractivity contribution in [3.63, 3.8) is 0 Å². The number of ether oxygens (including phenoxy) is 2. The lowest BCUT2D eigenvalue weighted by Crippen LogP contribution is -2.42. The molecule has 0 saturated heterocycles. The summed E-state index contributed by atoms with van der Waals surface area (Å²) < 4.78 is 22.0. The number of unbranched alkanes of at least 4 members (excludes halogenated alkanes) is 12. The van der Waals surface area contributed by atoms with Crippen LogP contribution in [0.4, 0.5) is 0 Å². The normalized spacial score (nSPS) is 15.1. The van der Waals surface area contributed by atoms with Gasteiger partial charge < -0.3 is 9.47 Å². The number of thioether (sulfide) groups is 1. The van der Waals surface area contributed by atoms with Crippen molar-refractivity contribution in [1.29, 1.82) is 0 Å². The quantitative estimate of drug-likeness (QED) is 0.0273. The smallest absolute Gasteiger partial charge is 0.382 e. The van der Waals surface area contributed by atoms with Crippen molar-refractivity contribution in [3.05, 3.63) is 0 Å². The van der Waals surface area contributed by atoms with E-state index in [1.807, 2.05) is 25.6 Å². The standard InChI is InChI=1S/C27H53O6PS/c1-6-9-11-13-14-15-16-18-20-23-35-25(21-19-17-12-10-7-2)24(4)32-33-27(34-29,26(28)30-5)31-22-8-3/h24-25H,6-23H2,1-5H3. The van der Waals surface area contributed by atoms with Gasteiger partial charge in [0.25, 0.3) is 0 Å².